The van der Waals surface area contributed by atoms with Gasteiger partial charge in [0.1, 0.15) is 0 Å². The number of azide groups is 1. The number of likely N-dealkylation sites (tertiary alicyclic amines) is 1. The number of carbonyl (C=O) groups is 1. The van der Waals surface area contributed by atoms with Gasteiger partial charge in [-0.2, -0.15) is 0 Å². The molecule has 1 rings (SSSR count). The lowest BCUT2D eigenvalue weighted by Crippen LogP contribution is -2.35. The first kappa shape index (κ1) is 12.8. The van der Waals surface area contributed by atoms with Crippen molar-refractivity contribution in [1.82, 2.24) is 10.2 Å². The van der Waals surface area contributed by atoms with Crippen LogP contribution < -0.4 is 5.32 Å². The molecule has 6 heteroatoms. The first-order valence-electron chi connectivity index (χ1n) is 5.65. The minimum Gasteiger partial charge on any atom is -0.341 e. The van der Waals surface area contributed by atoms with Crippen LogP contribution in [0.4, 0.5) is 0 Å². The summed E-state index contributed by atoms with van der Waals surface area (Å²) in [5, 5.41) is 6.79. The zero-order chi connectivity index (χ0) is 12.0. The summed E-state index contributed by atoms with van der Waals surface area (Å²) < 4.78 is 0. The normalized spacial score (nSPS) is 20.3. The predicted molar refractivity (Wildman–Crippen MR) is 61.8 cm³/mol. The summed E-state index contributed by atoms with van der Waals surface area (Å²) >= 11 is 0. The molecule has 16 heavy (non-hydrogen) atoms. The van der Waals surface area contributed by atoms with Gasteiger partial charge in [-0.25, -0.2) is 0 Å². The Hall–Kier alpha value is -1.26. The summed E-state index contributed by atoms with van der Waals surface area (Å²) in [6.45, 7) is 6.86. The van der Waals surface area contributed by atoms with E-state index in [1.54, 1.807) is 0 Å². The number of rotatable bonds is 6. The van der Waals surface area contributed by atoms with Gasteiger partial charge in [0, 0.05) is 43.6 Å². The van der Waals surface area contributed by atoms with Crippen molar-refractivity contribution in [3.63, 3.8) is 0 Å². The van der Waals surface area contributed by atoms with Crippen molar-refractivity contribution < 1.29 is 4.79 Å². The van der Waals surface area contributed by atoms with E-state index in [2.05, 4.69) is 29.2 Å². The molecule has 1 atom stereocenters. The number of amides is 1. The first-order valence-corrected chi connectivity index (χ1v) is 5.65. The van der Waals surface area contributed by atoms with Gasteiger partial charge in [0.25, 0.3) is 0 Å². The molecule has 0 spiro atoms. The van der Waals surface area contributed by atoms with Crippen LogP contribution in [0.2, 0.25) is 0 Å². The summed E-state index contributed by atoms with van der Waals surface area (Å²) in [5.41, 5.74) is 8.21. The van der Waals surface area contributed by atoms with Crippen molar-refractivity contribution in [1.29, 1.82) is 0 Å². The smallest absolute Gasteiger partial charge is 0.222 e. The van der Waals surface area contributed by atoms with Gasteiger partial charge in [-0.15, -0.1) is 0 Å². The fourth-order valence-electron chi connectivity index (χ4n) is 1.83. The van der Waals surface area contributed by atoms with E-state index in [-0.39, 0.29) is 11.8 Å². The highest BCUT2D eigenvalue weighted by molar-refractivity contribution is 5.78. The maximum atomic E-state index is 11.6. The number of hydrogen-bond donors (Lipinski definition) is 1. The van der Waals surface area contributed by atoms with Crippen LogP contribution in [0.15, 0.2) is 5.11 Å². The molecular formula is C10H19N5O. The number of nitrogens with zero attached hydrogens (tertiary/aromatic N) is 4. The van der Waals surface area contributed by atoms with Crippen molar-refractivity contribution >= 4 is 5.91 Å². The molecule has 1 fully saturated rings. The molecule has 0 aromatic heterocycles. The van der Waals surface area contributed by atoms with Crippen molar-refractivity contribution in [3.8, 4) is 0 Å². The quantitative estimate of drug-likeness (QED) is 0.418. The summed E-state index contributed by atoms with van der Waals surface area (Å²) in [7, 11) is 0. The minimum atomic E-state index is 0.170. The number of hydrogen-bond acceptors (Lipinski definition) is 3. The molecule has 0 saturated carbocycles. The predicted octanol–water partition coefficient (Wildman–Crippen LogP) is 1.14. The van der Waals surface area contributed by atoms with E-state index in [1.807, 2.05) is 4.90 Å². The van der Waals surface area contributed by atoms with Crippen LogP contribution in [0.25, 0.3) is 10.4 Å². The second kappa shape index (κ2) is 6.35. The van der Waals surface area contributed by atoms with Crippen molar-refractivity contribution in [2.24, 2.45) is 11.0 Å². The van der Waals surface area contributed by atoms with Gasteiger partial charge in [-0.1, -0.05) is 19.0 Å². The Morgan fingerprint density at radius 3 is 3.06 bits per heavy atom. The Morgan fingerprint density at radius 1 is 1.69 bits per heavy atom. The fourth-order valence-corrected chi connectivity index (χ4v) is 1.83. The van der Waals surface area contributed by atoms with Crippen LogP contribution in [-0.2, 0) is 4.79 Å². The van der Waals surface area contributed by atoms with Crippen LogP contribution in [0.3, 0.4) is 0 Å². The maximum absolute atomic E-state index is 11.6. The standard InChI is InChI=1S/C10H19N5O/c1-8(2)12-3-4-15-7-9(5-10(15)16)6-13-14-11/h8-9,12H,3-7H2,1-2H3. The second-order valence-electron chi connectivity index (χ2n) is 4.43. The average molecular weight is 225 g/mol. The highest BCUT2D eigenvalue weighted by Crippen LogP contribution is 2.17. The van der Waals surface area contributed by atoms with E-state index < -0.39 is 0 Å². The van der Waals surface area contributed by atoms with Crippen molar-refractivity contribution in [2.75, 3.05) is 26.2 Å². The molecule has 1 saturated heterocycles. The van der Waals surface area contributed by atoms with Gasteiger partial charge in [-0.05, 0) is 11.4 Å². The van der Waals surface area contributed by atoms with Gasteiger partial charge >= 0.3 is 0 Å². The summed E-state index contributed by atoms with van der Waals surface area (Å²) in [6, 6.07) is 0.441. The van der Waals surface area contributed by atoms with Gasteiger partial charge in [0.2, 0.25) is 5.91 Å². The molecule has 0 aliphatic carbocycles. The lowest BCUT2D eigenvalue weighted by Gasteiger charge is -2.17. The molecule has 90 valence electrons. The number of nitrogens with one attached hydrogen (secondary N) is 1. The van der Waals surface area contributed by atoms with Gasteiger partial charge in [0.15, 0.2) is 0 Å². The Bertz CT molecular complexity index is 285. The van der Waals surface area contributed by atoms with E-state index in [1.165, 1.54) is 0 Å². The molecule has 0 radical (unpaired) electrons. The van der Waals surface area contributed by atoms with E-state index in [4.69, 9.17) is 5.53 Å². The Balaban J connectivity index is 2.28. The van der Waals surface area contributed by atoms with Crippen LogP contribution >= 0.6 is 0 Å². The minimum absolute atomic E-state index is 0.170. The molecule has 1 heterocycles. The molecule has 0 aromatic rings. The average Bonchev–Trinajstić information content (AvgIpc) is 2.56. The van der Waals surface area contributed by atoms with E-state index in [0.717, 1.165) is 19.6 Å². The third-order valence-electron chi connectivity index (χ3n) is 2.63. The summed E-state index contributed by atoms with van der Waals surface area (Å²) in [5.74, 6) is 0.367. The molecule has 1 amide bonds. The monoisotopic (exact) mass is 225 g/mol. The van der Waals surface area contributed by atoms with Crippen molar-refractivity contribution in [2.45, 2.75) is 26.3 Å². The third kappa shape index (κ3) is 4.08. The molecule has 1 aliphatic rings. The molecule has 6 nitrogen and oxygen atoms in total. The lowest BCUT2D eigenvalue weighted by molar-refractivity contribution is -0.127. The van der Waals surface area contributed by atoms with Gasteiger partial charge in [0.05, 0.1) is 0 Å². The molecule has 0 aromatic carbocycles. The van der Waals surface area contributed by atoms with Crippen LogP contribution in [-0.4, -0.2) is 43.0 Å². The number of carbonyl (C=O) groups excluding carboxylic acids is 1. The third-order valence-corrected chi connectivity index (χ3v) is 2.63. The van der Waals surface area contributed by atoms with Gasteiger partial charge < -0.3 is 10.2 Å². The second-order valence-corrected chi connectivity index (χ2v) is 4.43. The topological polar surface area (TPSA) is 81.1 Å². The van der Waals surface area contributed by atoms with E-state index in [9.17, 15) is 4.79 Å². The molecule has 1 N–H and O–H groups in total. The van der Waals surface area contributed by atoms with Crippen LogP contribution in [0, 0.1) is 5.92 Å². The SMILES string of the molecule is CC(C)NCCN1CC(CN=[N+]=[N-])CC1=O. The summed E-state index contributed by atoms with van der Waals surface area (Å²) in [4.78, 5) is 16.1. The molecule has 0 bridgehead atoms. The van der Waals surface area contributed by atoms with E-state index >= 15 is 0 Å². The lowest BCUT2D eigenvalue weighted by atomic mass is 10.1. The Kier molecular flexibility index (Phi) is 5.08. The molecule has 1 unspecified atom stereocenters. The first-order chi connectivity index (χ1) is 7.63. The van der Waals surface area contributed by atoms with Crippen LogP contribution in [0.1, 0.15) is 20.3 Å². The Labute approximate surface area is 95.6 Å². The largest absolute Gasteiger partial charge is 0.341 e. The zero-order valence-corrected chi connectivity index (χ0v) is 9.89. The van der Waals surface area contributed by atoms with E-state index in [0.29, 0.717) is 19.0 Å². The maximum Gasteiger partial charge on any atom is 0.222 e. The highest BCUT2D eigenvalue weighted by atomic mass is 16.2. The fraction of sp³-hybridized carbons (Fsp3) is 0.900. The zero-order valence-electron chi connectivity index (χ0n) is 9.89. The summed E-state index contributed by atoms with van der Waals surface area (Å²) in [6.07, 6.45) is 0.515. The molecular weight excluding hydrogens is 206 g/mol. The van der Waals surface area contributed by atoms with Crippen LogP contribution in [0.5, 0.6) is 0 Å². The highest BCUT2D eigenvalue weighted by Gasteiger charge is 2.28. The van der Waals surface area contributed by atoms with Gasteiger partial charge in [-0.3, -0.25) is 4.79 Å². The van der Waals surface area contributed by atoms with Crippen molar-refractivity contribution in [3.05, 3.63) is 10.4 Å². The molecule has 1 aliphatic heterocycles. The Morgan fingerprint density at radius 2 is 2.44 bits per heavy atom.